The van der Waals surface area contributed by atoms with Crippen molar-refractivity contribution >= 4 is 6.29 Å². The van der Waals surface area contributed by atoms with Gasteiger partial charge in [0.2, 0.25) is 0 Å². The predicted octanol–water partition coefficient (Wildman–Crippen LogP) is 4.68. The van der Waals surface area contributed by atoms with E-state index < -0.39 is 0 Å². The monoisotopic (exact) mass is 304 g/mol. The third-order valence-corrected chi connectivity index (χ3v) is 6.66. The third kappa shape index (κ3) is 3.08. The number of carbonyl (C=O) groups is 1. The number of hydrogen-bond acceptors (Lipinski definition) is 2. The first-order valence-corrected chi connectivity index (χ1v) is 8.76. The molecule has 2 nitrogen and oxygen atoms in total. The number of aldehydes is 1. The molecule has 0 aromatic heterocycles. The molecule has 0 bridgehead atoms. The molecule has 4 unspecified atom stereocenters. The van der Waals surface area contributed by atoms with Gasteiger partial charge in [-0.2, -0.15) is 0 Å². The molecule has 0 amide bonds. The van der Waals surface area contributed by atoms with E-state index in [9.17, 15) is 9.90 Å². The van der Waals surface area contributed by atoms with Gasteiger partial charge in [0.25, 0.3) is 0 Å². The summed E-state index contributed by atoms with van der Waals surface area (Å²) < 4.78 is 0. The van der Waals surface area contributed by atoms with E-state index in [2.05, 4.69) is 33.8 Å². The van der Waals surface area contributed by atoms with Crippen LogP contribution in [0.25, 0.3) is 0 Å². The maximum atomic E-state index is 10.6. The standard InChI is InChI=1S/C20H32O2/c1-15(10-13-21)6-8-17-16(2)7-9-18-19(3,14-22)11-5-12-20(17,18)4/h7,10,13,17-18,22H,5-6,8-9,11-12,14H2,1-4H3/b15-10+. The number of fused-ring (bicyclic) bond motifs is 1. The van der Waals surface area contributed by atoms with E-state index in [1.165, 1.54) is 24.0 Å². The lowest BCUT2D eigenvalue weighted by molar-refractivity contribution is -0.104. The average Bonchev–Trinajstić information content (AvgIpc) is 2.46. The number of hydrogen-bond donors (Lipinski definition) is 1. The highest BCUT2D eigenvalue weighted by Crippen LogP contribution is 2.60. The summed E-state index contributed by atoms with van der Waals surface area (Å²) in [6.45, 7) is 9.35. The lowest BCUT2D eigenvalue weighted by Gasteiger charge is -2.57. The molecule has 0 saturated heterocycles. The SMILES string of the molecule is CC1=CCC2C(C)(CO)CCCC2(C)C1CC/C(C)=C/C=O. The van der Waals surface area contributed by atoms with Gasteiger partial charge in [-0.25, -0.2) is 0 Å². The zero-order chi connectivity index (χ0) is 16.4. The van der Waals surface area contributed by atoms with Crippen LogP contribution in [-0.2, 0) is 4.79 Å². The van der Waals surface area contributed by atoms with E-state index in [1.807, 2.05) is 0 Å². The first kappa shape index (κ1) is 17.5. The fraction of sp³-hybridized carbons (Fsp3) is 0.750. The lowest BCUT2D eigenvalue weighted by Crippen LogP contribution is -2.50. The van der Waals surface area contributed by atoms with Gasteiger partial charge >= 0.3 is 0 Å². The second-order valence-corrected chi connectivity index (χ2v) is 8.15. The first-order chi connectivity index (χ1) is 10.4. The number of aliphatic hydroxyl groups excluding tert-OH is 1. The van der Waals surface area contributed by atoms with Crippen LogP contribution in [0.5, 0.6) is 0 Å². The van der Waals surface area contributed by atoms with Gasteiger partial charge < -0.3 is 5.11 Å². The Morgan fingerprint density at radius 3 is 2.77 bits per heavy atom. The number of aliphatic hydroxyl groups is 1. The lowest BCUT2D eigenvalue weighted by atomic mass is 9.48. The molecule has 1 saturated carbocycles. The van der Waals surface area contributed by atoms with Crippen molar-refractivity contribution in [3.8, 4) is 0 Å². The van der Waals surface area contributed by atoms with Crippen LogP contribution in [-0.4, -0.2) is 18.0 Å². The summed E-state index contributed by atoms with van der Waals surface area (Å²) in [7, 11) is 0. The molecule has 2 aliphatic carbocycles. The van der Waals surface area contributed by atoms with Gasteiger partial charge in [-0.1, -0.05) is 37.5 Å². The Bertz CT molecular complexity index is 476. The Morgan fingerprint density at radius 2 is 2.14 bits per heavy atom. The minimum absolute atomic E-state index is 0.0656. The van der Waals surface area contributed by atoms with Gasteiger partial charge in [0, 0.05) is 6.61 Å². The molecule has 0 aliphatic heterocycles. The van der Waals surface area contributed by atoms with Crippen LogP contribution in [0.4, 0.5) is 0 Å². The zero-order valence-electron chi connectivity index (χ0n) is 14.7. The van der Waals surface area contributed by atoms with Gasteiger partial charge in [-0.3, -0.25) is 4.79 Å². The van der Waals surface area contributed by atoms with Crippen LogP contribution in [0.2, 0.25) is 0 Å². The Kier molecular flexibility index (Phi) is 5.32. The first-order valence-electron chi connectivity index (χ1n) is 8.76. The molecule has 1 fully saturated rings. The van der Waals surface area contributed by atoms with Gasteiger partial charge in [-0.05, 0) is 74.7 Å². The van der Waals surface area contributed by atoms with Crippen molar-refractivity contribution < 1.29 is 9.90 Å². The van der Waals surface area contributed by atoms with Crippen molar-refractivity contribution in [2.75, 3.05) is 6.61 Å². The molecule has 0 heterocycles. The Morgan fingerprint density at radius 1 is 1.41 bits per heavy atom. The van der Waals surface area contributed by atoms with Gasteiger partial charge in [-0.15, -0.1) is 0 Å². The topological polar surface area (TPSA) is 37.3 Å². The summed E-state index contributed by atoms with van der Waals surface area (Å²) in [5, 5.41) is 9.98. The van der Waals surface area contributed by atoms with E-state index in [-0.39, 0.29) is 10.8 Å². The molecule has 0 spiro atoms. The molecule has 2 heteroatoms. The highest BCUT2D eigenvalue weighted by molar-refractivity contribution is 5.65. The minimum Gasteiger partial charge on any atom is -0.396 e. The molecule has 2 rings (SSSR count). The van der Waals surface area contributed by atoms with E-state index in [0.29, 0.717) is 18.4 Å². The largest absolute Gasteiger partial charge is 0.396 e. The zero-order valence-corrected chi connectivity index (χ0v) is 14.7. The second-order valence-electron chi connectivity index (χ2n) is 8.15. The molecule has 22 heavy (non-hydrogen) atoms. The van der Waals surface area contributed by atoms with Crippen LogP contribution in [0.15, 0.2) is 23.3 Å². The fourth-order valence-electron chi connectivity index (χ4n) is 5.27. The summed E-state index contributed by atoms with van der Waals surface area (Å²) in [5.41, 5.74) is 3.04. The van der Waals surface area contributed by atoms with Crippen molar-refractivity contribution in [2.45, 2.75) is 66.2 Å². The summed E-state index contributed by atoms with van der Waals surface area (Å²) in [6, 6.07) is 0. The summed E-state index contributed by atoms with van der Waals surface area (Å²) in [4.78, 5) is 10.6. The van der Waals surface area contributed by atoms with Crippen molar-refractivity contribution in [3.63, 3.8) is 0 Å². The maximum Gasteiger partial charge on any atom is 0.142 e. The summed E-state index contributed by atoms with van der Waals surface area (Å²) in [5.74, 6) is 1.15. The quantitative estimate of drug-likeness (QED) is 0.455. The van der Waals surface area contributed by atoms with E-state index >= 15 is 0 Å². The predicted molar refractivity (Wildman–Crippen MR) is 91.6 cm³/mol. The molecule has 0 radical (unpaired) electrons. The highest BCUT2D eigenvalue weighted by Gasteiger charge is 2.52. The smallest absolute Gasteiger partial charge is 0.142 e. The van der Waals surface area contributed by atoms with Gasteiger partial charge in [0.1, 0.15) is 6.29 Å². The van der Waals surface area contributed by atoms with Gasteiger partial charge in [0.05, 0.1) is 0 Å². The average molecular weight is 304 g/mol. The maximum absolute atomic E-state index is 10.6. The van der Waals surface area contributed by atoms with E-state index in [4.69, 9.17) is 0 Å². The Labute approximate surface area is 135 Å². The Hall–Kier alpha value is -0.890. The van der Waals surface area contributed by atoms with Crippen molar-refractivity contribution in [3.05, 3.63) is 23.3 Å². The van der Waals surface area contributed by atoms with Crippen LogP contribution in [0.3, 0.4) is 0 Å². The number of rotatable bonds is 5. The third-order valence-electron chi connectivity index (χ3n) is 6.66. The van der Waals surface area contributed by atoms with E-state index in [0.717, 1.165) is 32.0 Å². The molecular weight excluding hydrogens is 272 g/mol. The molecule has 1 N–H and O–H groups in total. The number of carbonyl (C=O) groups excluding carboxylic acids is 1. The van der Waals surface area contributed by atoms with Crippen molar-refractivity contribution in [1.82, 2.24) is 0 Å². The summed E-state index contributed by atoms with van der Waals surface area (Å²) >= 11 is 0. The molecule has 4 atom stereocenters. The molecule has 2 aliphatic rings. The summed E-state index contributed by atoms with van der Waals surface area (Å²) in [6.07, 6.45) is 11.9. The highest BCUT2D eigenvalue weighted by atomic mass is 16.3. The Balaban J connectivity index is 2.25. The fourth-order valence-corrected chi connectivity index (χ4v) is 5.27. The minimum atomic E-state index is 0.0656. The van der Waals surface area contributed by atoms with Crippen LogP contribution in [0.1, 0.15) is 66.2 Å². The van der Waals surface area contributed by atoms with Crippen molar-refractivity contribution in [2.24, 2.45) is 22.7 Å². The van der Waals surface area contributed by atoms with Crippen molar-refractivity contribution in [1.29, 1.82) is 0 Å². The van der Waals surface area contributed by atoms with Crippen LogP contribution >= 0.6 is 0 Å². The van der Waals surface area contributed by atoms with Gasteiger partial charge in [0.15, 0.2) is 0 Å². The number of allylic oxidation sites excluding steroid dienone is 4. The molecule has 0 aromatic carbocycles. The normalized spacial score (nSPS) is 39.1. The second kappa shape index (κ2) is 6.70. The van der Waals surface area contributed by atoms with Crippen LogP contribution in [0, 0.1) is 22.7 Å². The van der Waals surface area contributed by atoms with E-state index in [1.54, 1.807) is 6.08 Å². The molecule has 124 valence electrons. The molecular formula is C20H32O2. The van der Waals surface area contributed by atoms with Crippen LogP contribution < -0.4 is 0 Å². The molecule has 0 aromatic rings.